The molecule has 1 saturated carbocycles. The molecule has 82 heavy (non-hydrogen) atoms. The molecular weight excluding hydrogens is 1080 g/mol. The van der Waals surface area contributed by atoms with Crippen LogP contribution in [0.1, 0.15) is 142 Å². The maximum atomic E-state index is 14.8. The standard InChI is InChI=1S/C62H84ClN9O9S/c1-35(2)49(65)55(76)70-50(36(3)4)57(78)80-45-30-47(54(75)68-37(5)39-17-19-40(20-18-39)51-38(6)67-34-82-51)72(32-45)56(77)52(60(7,8)9)69-48(73)33-79-28-16-14-15-27-66-43-24-21-41(22-25-43)53(74)71-58-61(10,11)59(62(58,12)13)81-44-26-23-42(31-64)46(63)29-44/h17-26,29,34-37,45,47,49-50,52,58-59,66H,14-16,27-28,30,32-33,65H2,1-13H3,(H,68,75)(H,69,73)(H,70,76)(H,71,74)/t37-,45+,47-,49?,50?,52+,58?,59?/m0/s1. The first-order chi connectivity index (χ1) is 38.5. The Bertz CT molecular complexity index is 2920. The summed E-state index contributed by atoms with van der Waals surface area (Å²) >= 11 is 7.81. The van der Waals surface area contributed by atoms with Gasteiger partial charge in [-0.05, 0) is 97.9 Å². The van der Waals surface area contributed by atoms with Crippen LogP contribution in [0.4, 0.5) is 5.69 Å². The molecule has 1 aliphatic heterocycles. The number of rotatable bonds is 25. The number of esters is 1. The lowest BCUT2D eigenvalue weighted by Gasteiger charge is -2.63. The Morgan fingerprint density at radius 2 is 1.56 bits per heavy atom. The number of unbranched alkanes of at least 4 members (excludes halogenated alkanes) is 2. The van der Waals surface area contributed by atoms with Crippen LogP contribution >= 0.6 is 22.9 Å². The number of thiazole rings is 1. The van der Waals surface area contributed by atoms with Crippen molar-refractivity contribution in [2.75, 3.05) is 31.6 Å². The fraction of sp³-hybridized carbons (Fsp3) is 0.548. The van der Waals surface area contributed by atoms with Gasteiger partial charge < -0.3 is 51.4 Å². The first-order valence-corrected chi connectivity index (χ1v) is 29.6. The lowest BCUT2D eigenvalue weighted by atomic mass is 9.49. The normalized spacial score (nSPS) is 19.6. The largest absolute Gasteiger partial charge is 0.489 e. The number of nitrogens with two attached hydrogens (primary N) is 1. The minimum Gasteiger partial charge on any atom is -0.489 e. The molecule has 4 aromatic rings. The Morgan fingerprint density at radius 3 is 2.15 bits per heavy atom. The van der Waals surface area contributed by atoms with E-state index in [-0.39, 0.29) is 49.5 Å². The van der Waals surface area contributed by atoms with Crippen molar-refractivity contribution in [3.8, 4) is 22.3 Å². The van der Waals surface area contributed by atoms with Crippen LogP contribution < -0.4 is 37.1 Å². The third-order valence-electron chi connectivity index (χ3n) is 15.7. The van der Waals surface area contributed by atoms with E-state index >= 15 is 0 Å². The van der Waals surface area contributed by atoms with Crippen LogP contribution in [-0.4, -0.2) is 114 Å². The summed E-state index contributed by atoms with van der Waals surface area (Å²) in [4.78, 5) is 89.7. The molecule has 6 rings (SSSR count). The van der Waals surface area contributed by atoms with E-state index in [1.54, 1.807) is 61.0 Å². The molecule has 0 bridgehead atoms. The van der Waals surface area contributed by atoms with E-state index in [0.717, 1.165) is 40.2 Å². The second-order valence-corrected chi connectivity index (χ2v) is 26.0. The molecule has 0 spiro atoms. The maximum absolute atomic E-state index is 14.8. The molecule has 20 heteroatoms. The van der Waals surface area contributed by atoms with Crippen LogP contribution in [0.2, 0.25) is 5.02 Å². The van der Waals surface area contributed by atoms with Gasteiger partial charge in [0.05, 0.1) is 45.3 Å². The first-order valence-electron chi connectivity index (χ1n) is 28.3. The third kappa shape index (κ3) is 15.9. The molecule has 5 amide bonds. The SMILES string of the molecule is Cc1ncsc1-c1ccc([C@H](C)NC(=O)[C@@H]2C[C@@H](OC(=O)C(NC(=O)C(N)C(C)C)C(C)C)CN2C(=O)[C@@H](NC(=O)COCCCCCNc2ccc(C(=O)NC3C(C)(C)C(Oc4ccc(C#N)c(Cl)c4)C3(C)C)cc2)C(C)(C)C)cc1. The molecule has 2 unspecified atom stereocenters. The van der Waals surface area contributed by atoms with Crippen molar-refractivity contribution in [2.45, 2.75) is 164 Å². The summed E-state index contributed by atoms with van der Waals surface area (Å²) < 4.78 is 18.2. The fourth-order valence-electron chi connectivity index (χ4n) is 11.0. The molecule has 18 nitrogen and oxygen atoms in total. The van der Waals surface area contributed by atoms with Gasteiger partial charge in [-0.15, -0.1) is 11.3 Å². The molecular formula is C62H84ClN9O9S. The number of nitrogens with one attached hydrogen (secondary N) is 5. The number of ether oxygens (including phenoxy) is 3. The minimum absolute atomic E-state index is 0.0183. The van der Waals surface area contributed by atoms with Crippen LogP contribution in [0.3, 0.4) is 0 Å². The molecule has 7 N–H and O–H groups in total. The van der Waals surface area contributed by atoms with E-state index in [9.17, 15) is 34.0 Å². The molecule has 2 aliphatic rings. The number of aryl methyl sites for hydroxylation is 1. The van der Waals surface area contributed by atoms with E-state index in [1.165, 1.54) is 4.90 Å². The van der Waals surface area contributed by atoms with Crippen molar-refractivity contribution in [2.24, 2.45) is 33.8 Å². The number of anilines is 1. The van der Waals surface area contributed by atoms with Gasteiger partial charge in [-0.25, -0.2) is 9.78 Å². The maximum Gasteiger partial charge on any atom is 0.329 e. The predicted molar refractivity (Wildman–Crippen MR) is 319 cm³/mol. The summed E-state index contributed by atoms with van der Waals surface area (Å²) in [5.41, 5.74) is 10.8. The van der Waals surface area contributed by atoms with Crippen molar-refractivity contribution >= 4 is 64.1 Å². The predicted octanol–water partition coefficient (Wildman–Crippen LogP) is 8.90. The van der Waals surface area contributed by atoms with Crippen molar-refractivity contribution in [1.29, 1.82) is 5.26 Å². The summed E-state index contributed by atoms with van der Waals surface area (Å²) in [5.74, 6) is -2.82. The molecule has 3 aromatic carbocycles. The van der Waals surface area contributed by atoms with Crippen LogP contribution in [0.5, 0.6) is 5.75 Å². The van der Waals surface area contributed by atoms with E-state index < -0.39 is 82.2 Å². The lowest BCUT2D eigenvalue weighted by Crippen LogP contribution is -2.74. The molecule has 2 fully saturated rings. The molecule has 1 aromatic heterocycles. The molecule has 1 aliphatic carbocycles. The quantitative estimate of drug-likeness (QED) is 0.0268. The highest BCUT2D eigenvalue weighted by Crippen LogP contribution is 2.55. The van der Waals surface area contributed by atoms with Crippen LogP contribution in [0, 0.1) is 46.3 Å². The third-order valence-corrected chi connectivity index (χ3v) is 17.0. The summed E-state index contributed by atoms with van der Waals surface area (Å²) in [5, 5.41) is 24.9. The highest BCUT2D eigenvalue weighted by Gasteiger charge is 2.64. The topological polar surface area (TPSA) is 256 Å². The molecule has 1 saturated heterocycles. The molecule has 0 radical (unpaired) electrons. The summed E-state index contributed by atoms with van der Waals surface area (Å²) in [6.07, 6.45) is 1.16. The molecule has 6 atom stereocenters. The number of likely N-dealkylation sites (tertiary alicyclic amines) is 1. The number of benzene rings is 3. The zero-order valence-electron chi connectivity index (χ0n) is 49.7. The lowest BCUT2D eigenvalue weighted by molar-refractivity contribution is -0.164. The summed E-state index contributed by atoms with van der Waals surface area (Å²) in [6, 6.07) is 17.6. The highest BCUT2D eigenvalue weighted by atomic mass is 35.5. The van der Waals surface area contributed by atoms with Crippen molar-refractivity contribution in [1.82, 2.24) is 31.2 Å². The Kier molecular flexibility index (Phi) is 21.8. The molecule has 444 valence electrons. The van der Waals surface area contributed by atoms with Gasteiger partial charge in [-0.2, -0.15) is 5.26 Å². The number of hydrogen-bond donors (Lipinski definition) is 6. The van der Waals surface area contributed by atoms with E-state index in [0.29, 0.717) is 41.5 Å². The van der Waals surface area contributed by atoms with Gasteiger partial charge in [-0.3, -0.25) is 24.0 Å². The van der Waals surface area contributed by atoms with Gasteiger partial charge >= 0.3 is 5.97 Å². The Morgan fingerprint density at radius 1 is 0.890 bits per heavy atom. The highest BCUT2D eigenvalue weighted by molar-refractivity contribution is 7.13. The minimum atomic E-state index is -1.08. The number of carbonyl (C=O) groups is 6. The second-order valence-electron chi connectivity index (χ2n) is 24.7. The number of amides is 5. The van der Waals surface area contributed by atoms with Gasteiger partial charge in [0.15, 0.2) is 0 Å². The van der Waals surface area contributed by atoms with Crippen LogP contribution in [-0.2, 0) is 33.4 Å². The van der Waals surface area contributed by atoms with Gasteiger partial charge in [0, 0.05) is 53.8 Å². The fourth-order valence-corrected chi connectivity index (χ4v) is 12.1. The number of carbonyl (C=O) groups excluding carboxylic acids is 6. The summed E-state index contributed by atoms with van der Waals surface area (Å²) in [7, 11) is 0. The Balaban J connectivity index is 0.985. The zero-order valence-corrected chi connectivity index (χ0v) is 51.3. The molecule has 2 heterocycles. The van der Waals surface area contributed by atoms with E-state index in [1.807, 2.05) is 84.9 Å². The number of nitrogens with zero attached hydrogens (tertiary/aromatic N) is 3. The Labute approximate surface area is 492 Å². The van der Waals surface area contributed by atoms with E-state index in [2.05, 4.69) is 65.3 Å². The average molecular weight is 1170 g/mol. The number of aromatic nitrogens is 1. The summed E-state index contributed by atoms with van der Waals surface area (Å²) in [6.45, 7) is 25.2. The van der Waals surface area contributed by atoms with Crippen molar-refractivity contribution in [3.05, 3.63) is 99.6 Å². The van der Waals surface area contributed by atoms with Crippen molar-refractivity contribution < 1.29 is 43.0 Å². The van der Waals surface area contributed by atoms with Gasteiger partial charge in [-0.1, -0.05) is 112 Å². The number of nitriles is 1. The van der Waals surface area contributed by atoms with Gasteiger partial charge in [0.2, 0.25) is 23.6 Å². The first kappa shape index (κ1) is 64.6. The van der Waals surface area contributed by atoms with E-state index in [4.69, 9.17) is 31.5 Å². The Hall–Kier alpha value is -6.59. The smallest absolute Gasteiger partial charge is 0.329 e. The second kappa shape index (κ2) is 27.7. The average Bonchev–Trinajstić information content (AvgIpc) is 1.20. The monoisotopic (exact) mass is 1170 g/mol. The van der Waals surface area contributed by atoms with Gasteiger partial charge in [0.1, 0.15) is 48.8 Å². The van der Waals surface area contributed by atoms with Gasteiger partial charge in [0.25, 0.3) is 5.91 Å². The van der Waals surface area contributed by atoms with Crippen LogP contribution in [0.25, 0.3) is 10.4 Å². The van der Waals surface area contributed by atoms with Crippen molar-refractivity contribution in [3.63, 3.8) is 0 Å². The number of hydrogen-bond acceptors (Lipinski definition) is 14. The zero-order chi connectivity index (χ0) is 60.4. The number of halogens is 1. The van der Waals surface area contributed by atoms with Crippen LogP contribution in [0.15, 0.2) is 72.2 Å².